The van der Waals surface area contributed by atoms with E-state index < -0.39 is 12.1 Å². The molecule has 0 aliphatic carbocycles. The van der Waals surface area contributed by atoms with Crippen LogP contribution in [0.4, 0.5) is 13.2 Å². The van der Waals surface area contributed by atoms with Crippen LogP contribution in [0.2, 0.25) is 0 Å². The van der Waals surface area contributed by atoms with Crippen LogP contribution in [0, 0.1) is 11.8 Å². The fraction of sp³-hybridized carbons (Fsp3) is 0.765. The lowest BCUT2D eigenvalue weighted by Crippen LogP contribution is -2.31. The lowest BCUT2D eigenvalue weighted by molar-refractivity contribution is -0.165. The van der Waals surface area contributed by atoms with Crippen LogP contribution in [-0.4, -0.2) is 29.4 Å². The fourth-order valence-corrected chi connectivity index (χ4v) is 3.05. The topological polar surface area (TPSA) is 37.4 Å². The zero-order chi connectivity index (χ0) is 17.6. The number of halogens is 3. The molecule has 6 heteroatoms. The average molecular weight is 333 g/mol. The molecular weight excluding hydrogens is 307 g/mol. The molecule has 1 unspecified atom stereocenters. The number of likely N-dealkylation sites (tertiary alicyclic amines) is 1. The molecule has 132 valence electrons. The molecule has 0 N–H and O–H groups in total. The average Bonchev–Trinajstić information content (AvgIpc) is 2.68. The molecule has 0 aromatic rings. The van der Waals surface area contributed by atoms with Crippen molar-refractivity contribution < 1.29 is 22.8 Å². The van der Waals surface area contributed by atoms with Crippen molar-refractivity contribution in [1.29, 1.82) is 0 Å². The van der Waals surface area contributed by atoms with Crippen molar-refractivity contribution in [2.45, 2.75) is 65.0 Å². The second kappa shape index (κ2) is 8.50. The predicted octanol–water partition coefficient (Wildman–Crippen LogP) is 4.48. The van der Waals surface area contributed by atoms with Crippen LogP contribution in [0.25, 0.3) is 0 Å². The summed E-state index contributed by atoms with van der Waals surface area (Å²) < 4.78 is 38.4. The van der Waals surface area contributed by atoms with Gasteiger partial charge in [0, 0.05) is 18.9 Å². The summed E-state index contributed by atoms with van der Waals surface area (Å²) in [5, 5.41) is 0. The third kappa shape index (κ3) is 5.66. The summed E-state index contributed by atoms with van der Waals surface area (Å²) in [6, 6.07) is 0. The van der Waals surface area contributed by atoms with Crippen molar-refractivity contribution >= 4 is 11.8 Å². The molecule has 1 saturated heterocycles. The first-order valence-corrected chi connectivity index (χ1v) is 8.24. The number of rotatable bonds is 9. The molecule has 1 aliphatic rings. The lowest BCUT2D eigenvalue weighted by atomic mass is 9.94. The van der Waals surface area contributed by atoms with E-state index in [-0.39, 0.29) is 36.1 Å². The summed E-state index contributed by atoms with van der Waals surface area (Å²) in [6.07, 6.45) is -0.861. The Kier molecular flexibility index (Phi) is 7.29. The first kappa shape index (κ1) is 19.7. The number of amides is 2. The summed E-state index contributed by atoms with van der Waals surface area (Å²) in [6.45, 7) is 7.10. The predicted molar refractivity (Wildman–Crippen MR) is 82.6 cm³/mol. The Labute approximate surface area is 135 Å². The molecule has 2 amide bonds. The highest BCUT2D eigenvalue weighted by Crippen LogP contribution is 2.35. The maximum absolute atomic E-state index is 12.8. The van der Waals surface area contributed by atoms with Gasteiger partial charge in [-0.25, -0.2) is 0 Å². The summed E-state index contributed by atoms with van der Waals surface area (Å²) >= 11 is 0. The van der Waals surface area contributed by atoms with Gasteiger partial charge in [-0.05, 0) is 26.2 Å². The van der Waals surface area contributed by atoms with E-state index in [0.29, 0.717) is 32.2 Å². The second-order valence-corrected chi connectivity index (χ2v) is 6.36. The van der Waals surface area contributed by atoms with Crippen LogP contribution < -0.4 is 0 Å². The van der Waals surface area contributed by atoms with Gasteiger partial charge in [-0.3, -0.25) is 14.5 Å². The highest BCUT2D eigenvalue weighted by molar-refractivity contribution is 6.03. The maximum atomic E-state index is 12.8. The molecular formula is C17H26F3NO2. The Balaban J connectivity index is 2.34. The number of carbonyl (C=O) groups is 2. The molecule has 1 rings (SSSR count). The SMILES string of the molecule is C=C(C)[C@@H](CCCCCN1C(=O)CC(CCC)C1=O)C(F)(F)F. The number of allylic oxidation sites excluding steroid dienone is 1. The van der Waals surface area contributed by atoms with E-state index in [1.54, 1.807) is 0 Å². The molecule has 2 atom stereocenters. The van der Waals surface area contributed by atoms with Gasteiger partial charge >= 0.3 is 6.18 Å². The van der Waals surface area contributed by atoms with Crippen molar-refractivity contribution in [2.24, 2.45) is 11.8 Å². The minimum atomic E-state index is -4.25. The van der Waals surface area contributed by atoms with Gasteiger partial charge in [0.1, 0.15) is 0 Å². The van der Waals surface area contributed by atoms with Gasteiger partial charge < -0.3 is 0 Å². The smallest absolute Gasteiger partial charge is 0.282 e. The number of hydrogen-bond acceptors (Lipinski definition) is 2. The van der Waals surface area contributed by atoms with Crippen LogP contribution in [0.5, 0.6) is 0 Å². The second-order valence-electron chi connectivity index (χ2n) is 6.36. The molecule has 0 aromatic heterocycles. The molecule has 0 radical (unpaired) electrons. The normalized spacial score (nSPS) is 20.2. The van der Waals surface area contributed by atoms with Gasteiger partial charge in [-0.15, -0.1) is 0 Å². The van der Waals surface area contributed by atoms with Crippen LogP contribution in [0.1, 0.15) is 58.8 Å². The monoisotopic (exact) mass is 333 g/mol. The van der Waals surface area contributed by atoms with Gasteiger partial charge in [0.25, 0.3) is 0 Å². The summed E-state index contributed by atoms with van der Waals surface area (Å²) in [5.74, 6) is -1.94. The molecule has 1 fully saturated rings. The Hall–Kier alpha value is -1.33. The zero-order valence-electron chi connectivity index (χ0n) is 13.9. The number of carbonyl (C=O) groups excluding carboxylic acids is 2. The van der Waals surface area contributed by atoms with E-state index in [2.05, 4.69) is 6.58 Å². The van der Waals surface area contributed by atoms with E-state index in [4.69, 9.17) is 0 Å². The first-order valence-electron chi connectivity index (χ1n) is 8.24. The van der Waals surface area contributed by atoms with Gasteiger partial charge in [0.05, 0.1) is 5.92 Å². The fourth-order valence-electron chi connectivity index (χ4n) is 3.05. The van der Waals surface area contributed by atoms with Crippen LogP contribution in [0.3, 0.4) is 0 Å². The standard InChI is InChI=1S/C17H26F3NO2/c1-4-8-13-11-15(22)21(16(13)23)10-7-5-6-9-14(12(2)3)17(18,19)20/h13-14H,2,4-11H2,1,3H3/t13?,14-/m1/s1. The van der Waals surface area contributed by atoms with Crippen molar-refractivity contribution in [2.75, 3.05) is 6.54 Å². The summed E-state index contributed by atoms with van der Waals surface area (Å²) in [7, 11) is 0. The van der Waals surface area contributed by atoms with Crippen molar-refractivity contribution in [1.82, 2.24) is 4.90 Å². The van der Waals surface area contributed by atoms with E-state index >= 15 is 0 Å². The molecule has 3 nitrogen and oxygen atoms in total. The minimum absolute atomic E-state index is 0.0131. The highest BCUT2D eigenvalue weighted by Gasteiger charge is 2.39. The van der Waals surface area contributed by atoms with E-state index in [1.807, 2.05) is 6.92 Å². The van der Waals surface area contributed by atoms with Crippen molar-refractivity contribution in [3.05, 3.63) is 12.2 Å². The molecule has 0 saturated carbocycles. The van der Waals surface area contributed by atoms with Crippen LogP contribution in [-0.2, 0) is 9.59 Å². The number of hydrogen-bond donors (Lipinski definition) is 0. The van der Waals surface area contributed by atoms with Crippen molar-refractivity contribution in [3.8, 4) is 0 Å². The molecule has 1 aliphatic heterocycles. The highest BCUT2D eigenvalue weighted by atomic mass is 19.4. The van der Waals surface area contributed by atoms with E-state index in [0.717, 1.165) is 6.42 Å². The number of imide groups is 1. The Bertz CT molecular complexity index is 446. The minimum Gasteiger partial charge on any atom is -0.282 e. The Morgan fingerprint density at radius 1 is 1.30 bits per heavy atom. The summed E-state index contributed by atoms with van der Waals surface area (Å²) in [5.41, 5.74) is 0.129. The lowest BCUT2D eigenvalue weighted by Gasteiger charge is -2.20. The zero-order valence-corrected chi connectivity index (χ0v) is 13.9. The number of alkyl halides is 3. The van der Waals surface area contributed by atoms with Gasteiger partial charge in [0.2, 0.25) is 11.8 Å². The third-order valence-corrected chi connectivity index (χ3v) is 4.34. The van der Waals surface area contributed by atoms with E-state index in [9.17, 15) is 22.8 Å². The molecule has 0 aromatic carbocycles. The molecule has 0 bridgehead atoms. The number of unbranched alkanes of at least 4 members (excludes halogenated alkanes) is 2. The summed E-state index contributed by atoms with van der Waals surface area (Å²) in [4.78, 5) is 25.1. The van der Waals surface area contributed by atoms with Crippen LogP contribution in [0.15, 0.2) is 12.2 Å². The number of nitrogens with zero attached hydrogens (tertiary/aromatic N) is 1. The molecule has 23 heavy (non-hydrogen) atoms. The maximum Gasteiger partial charge on any atom is 0.395 e. The van der Waals surface area contributed by atoms with Gasteiger partial charge in [-0.1, -0.05) is 38.3 Å². The Morgan fingerprint density at radius 2 is 1.96 bits per heavy atom. The molecule has 0 spiro atoms. The van der Waals surface area contributed by atoms with Gasteiger partial charge in [0.15, 0.2) is 0 Å². The first-order chi connectivity index (χ1) is 10.7. The van der Waals surface area contributed by atoms with Crippen molar-refractivity contribution in [3.63, 3.8) is 0 Å². The van der Waals surface area contributed by atoms with E-state index in [1.165, 1.54) is 11.8 Å². The quantitative estimate of drug-likeness (QED) is 0.354. The van der Waals surface area contributed by atoms with Gasteiger partial charge in [-0.2, -0.15) is 13.2 Å². The molecule has 1 heterocycles. The third-order valence-electron chi connectivity index (χ3n) is 4.34. The van der Waals surface area contributed by atoms with Crippen LogP contribution >= 0.6 is 0 Å². The largest absolute Gasteiger partial charge is 0.395 e. The Morgan fingerprint density at radius 3 is 2.48 bits per heavy atom.